The van der Waals surface area contributed by atoms with Gasteiger partial charge in [-0.05, 0) is 73.4 Å². The van der Waals surface area contributed by atoms with Crippen LogP contribution >= 0.6 is 0 Å². The number of fused-ring (bicyclic) bond motifs is 7. The van der Waals surface area contributed by atoms with E-state index >= 15 is 0 Å². The highest BCUT2D eigenvalue weighted by Crippen LogP contribution is 2.70. The molecule has 45 heavy (non-hydrogen) atoms. The topological polar surface area (TPSA) is 145 Å². The Morgan fingerprint density at radius 2 is 1.96 bits per heavy atom. The molecule has 1 aliphatic heterocycles. The summed E-state index contributed by atoms with van der Waals surface area (Å²) in [6.45, 7) is 3.62. The number of nitro groups is 1. The first-order valence-corrected chi connectivity index (χ1v) is 15.6. The molecule has 9 atom stereocenters. The average molecular weight is 616 g/mol. The van der Waals surface area contributed by atoms with E-state index in [9.17, 15) is 29.9 Å². The fourth-order valence-corrected chi connectivity index (χ4v) is 9.49. The van der Waals surface area contributed by atoms with Crippen LogP contribution < -0.4 is 4.74 Å². The second-order valence-electron chi connectivity index (χ2n) is 13.6. The number of non-ortho nitro benzene ring substituents is 1. The minimum Gasteiger partial charge on any atom is -0.489 e. The molecule has 1 heterocycles. The van der Waals surface area contributed by atoms with Crippen LogP contribution in [-0.4, -0.2) is 51.1 Å². The molecule has 1 saturated heterocycles. The molecule has 3 saturated carbocycles. The summed E-state index contributed by atoms with van der Waals surface area (Å²) in [5.74, 6) is 0.0200. The Morgan fingerprint density at radius 1 is 1.18 bits per heavy atom. The van der Waals surface area contributed by atoms with E-state index < -0.39 is 52.2 Å². The van der Waals surface area contributed by atoms with Gasteiger partial charge in [0.05, 0.1) is 17.1 Å². The Bertz CT molecular complexity index is 1620. The lowest BCUT2D eigenvalue weighted by Gasteiger charge is -2.59. The lowest BCUT2D eigenvalue weighted by atomic mass is 9.46. The summed E-state index contributed by atoms with van der Waals surface area (Å²) in [6.07, 6.45) is 5.50. The normalized spacial score (nSPS) is 38.0. The van der Waals surface area contributed by atoms with Gasteiger partial charge in [0.25, 0.3) is 5.69 Å². The molecule has 2 aromatic rings. The standard InChI is InChI=1S/C35H37NO9/c1-33-13-12-24(38)15-22(33)6-11-26-27-16-30-35(29(40)18-37,34(27,2)17-28(39)31(26)33)45-32(44-30)21-5-3-4-20(14-21)19-43-25-9-7-23(8-10-25)36(41)42/h3-5,7-10,12-15,26-28,30-32,37,39H,6,11,16-19H2,1-2H3/t26-,27-,28-,30+,31+,32+,33-,34-,35+/m0/s1. The Balaban J connectivity index is 1.14. The largest absolute Gasteiger partial charge is 0.489 e. The van der Waals surface area contributed by atoms with E-state index in [1.54, 1.807) is 24.3 Å². The van der Waals surface area contributed by atoms with Crippen molar-refractivity contribution in [2.75, 3.05) is 6.61 Å². The Kier molecular flexibility index (Phi) is 7.12. The van der Waals surface area contributed by atoms with Gasteiger partial charge in [0.1, 0.15) is 19.0 Å². The van der Waals surface area contributed by atoms with Crippen LogP contribution in [0, 0.1) is 38.7 Å². The van der Waals surface area contributed by atoms with E-state index in [0.29, 0.717) is 24.2 Å². The predicted molar refractivity (Wildman–Crippen MR) is 161 cm³/mol. The summed E-state index contributed by atoms with van der Waals surface area (Å²) in [6, 6.07) is 13.3. The average Bonchev–Trinajstić information content (AvgIpc) is 3.53. The Hall–Kier alpha value is -3.70. The zero-order valence-corrected chi connectivity index (χ0v) is 25.3. The number of carbonyl (C=O) groups is 2. The van der Waals surface area contributed by atoms with Gasteiger partial charge < -0.3 is 24.4 Å². The maximum atomic E-state index is 13.8. The van der Waals surface area contributed by atoms with E-state index in [-0.39, 0.29) is 35.8 Å². The van der Waals surface area contributed by atoms with Crippen LogP contribution in [0.15, 0.2) is 72.3 Å². The molecular weight excluding hydrogens is 578 g/mol. The fourth-order valence-electron chi connectivity index (χ4n) is 9.49. The van der Waals surface area contributed by atoms with Gasteiger partial charge in [-0.15, -0.1) is 0 Å². The van der Waals surface area contributed by atoms with E-state index in [1.165, 1.54) is 12.1 Å². The molecule has 4 aliphatic carbocycles. The molecule has 4 fully saturated rings. The van der Waals surface area contributed by atoms with E-state index in [0.717, 1.165) is 24.0 Å². The van der Waals surface area contributed by atoms with Crippen molar-refractivity contribution in [3.8, 4) is 5.75 Å². The number of aliphatic hydroxyl groups excluding tert-OH is 2. The first kappa shape index (κ1) is 30.0. The molecule has 10 nitrogen and oxygen atoms in total. The summed E-state index contributed by atoms with van der Waals surface area (Å²) in [4.78, 5) is 36.4. The van der Waals surface area contributed by atoms with Gasteiger partial charge in [-0.1, -0.05) is 43.7 Å². The lowest BCUT2D eigenvalue weighted by Crippen LogP contribution is -2.63. The van der Waals surface area contributed by atoms with Crippen LogP contribution in [-0.2, 0) is 25.7 Å². The molecule has 7 rings (SSSR count). The molecule has 10 heteroatoms. The monoisotopic (exact) mass is 615 g/mol. The summed E-state index contributed by atoms with van der Waals surface area (Å²) in [5.41, 5.74) is -0.0935. The molecule has 0 spiro atoms. The highest BCUT2D eigenvalue weighted by atomic mass is 16.7. The number of ketones is 2. The molecule has 0 unspecified atom stereocenters. The van der Waals surface area contributed by atoms with Gasteiger partial charge in [-0.3, -0.25) is 19.7 Å². The second kappa shape index (κ2) is 10.7. The third-order valence-corrected chi connectivity index (χ3v) is 11.5. The number of nitrogens with zero attached hydrogens (tertiary/aromatic N) is 1. The zero-order chi connectivity index (χ0) is 31.7. The van der Waals surface area contributed by atoms with Gasteiger partial charge >= 0.3 is 0 Å². The maximum Gasteiger partial charge on any atom is 0.269 e. The third-order valence-electron chi connectivity index (χ3n) is 11.5. The number of aliphatic hydroxyl groups is 2. The number of ether oxygens (including phenoxy) is 3. The van der Waals surface area contributed by atoms with Crippen molar-refractivity contribution in [3.63, 3.8) is 0 Å². The number of hydrogen-bond acceptors (Lipinski definition) is 9. The molecule has 0 bridgehead atoms. The van der Waals surface area contributed by atoms with Crippen LogP contribution in [0.3, 0.4) is 0 Å². The van der Waals surface area contributed by atoms with E-state index in [1.807, 2.05) is 37.3 Å². The number of nitro benzene ring substituents is 1. The molecule has 0 aromatic heterocycles. The van der Waals surface area contributed by atoms with E-state index in [4.69, 9.17) is 14.2 Å². The minimum absolute atomic E-state index is 0.0122. The molecule has 0 amide bonds. The fraction of sp³-hybridized carbons (Fsp3) is 0.486. The SMILES string of the molecule is C[C@]12C=CC(=O)C=C1CC[C@@H]1[C@@H]2[C@@H](O)C[C@@]2(C)[C@H]1C[C@H]1O[C@@H](c3cccc(COc4ccc([N+](=O)[O-])cc4)c3)O[C@]12C(=O)CO. The van der Waals surface area contributed by atoms with Crippen molar-refractivity contribution >= 4 is 17.3 Å². The molecule has 2 N–H and O–H groups in total. The van der Waals surface area contributed by atoms with Gasteiger partial charge in [0, 0.05) is 34.4 Å². The van der Waals surface area contributed by atoms with Crippen LogP contribution in [0.2, 0.25) is 0 Å². The van der Waals surface area contributed by atoms with Crippen LogP contribution in [0.4, 0.5) is 5.69 Å². The Morgan fingerprint density at radius 3 is 2.69 bits per heavy atom. The first-order chi connectivity index (χ1) is 21.5. The predicted octanol–water partition coefficient (Wildman–Crippen LogP) is 4.78. The number of Topliss-reactive ketones (excluding diaryl/α,β-unsaturated/α-hetero) is 1. The molecule has 5 aliphatic rings. The number of hydrogen-bond donors (Lipinski definition) is 2. The second-order valence-corrected chi connectivity index (χ2v) is 13.6. The van der Waals surface area contributed by atoms with Crippen molar-refractivity contribution in [1.29, 1.82) is 0 Å². The van der Waals surface area contributed by atoms with Gasteiger partial charge in [-0.25, -0.2) is 0 Å². The van der Waals surface area contributed by atoms with E-state index in [2.05, 4.69) is 6.92 Å². The maximum absolute atomic E-state index is 13.8. The van der Waals surface area contributed by atoms with Crippen LogP contribution in [0.25, 0.3) is 0 Å². The number of rotatable bonds is 7. The van der Waals surface area contributed by atoms with Crippen molar-refractivity contribution in [2.24, 2.45) is 28.6 Å². The van der Waals surface area contributed by atoms with Crippen molar-refractivity contribution < 1.29 is 38.9 Å². The Labute approximate surface area is 260 Å². The lowest BCUT2D eigenvalue weighted by molar-refractivity contribution is -0.384. The summed E-state index contributed by atoms with van der Waals surface area (Å²) in [5, 5.41) is 33.0. The number of carbonyl (C=O) groups excluding carboxylic acids is 2. The van der Waals surface area contributed by atoms with Crippen molar-refractivity contribution in [1.82, 2.24) is 0 Å². The zero-order valence-electron chi connectivity index (χ0n) is 25.3. The highest BCUT2D eigenvalue weighted by molar-refractivity contribution is 6.01. The summed E-state index contributed by atoms with van der Waals surface area (Å²) in [7, 11) is 0. The van der Waals surface area contributed by atoms with Crippen molar-refractivity contribution in [2.45, 2.75) is 70.2 Å². The van der Waals surface area contributed by atoms with Gasteiger partial charge in [0.15, 0.2) is 23.5 Å². The molecule has 0 radical (unpaired) electrons. The molecule has 2 aromatic carbocycles. The third kappa shape index (κ3) is 4.45. The highest BCUT2D eigenvalue weighted by Gasteiger charge is 2.75. The molecule has 236 valence electrons. The van der Waals surface area contributed by atoms with Gasteiger partial charge in [0.2, 0.25) is 0 Å². The quantitative estimate of drug-likeness (QED) is 0.332. The summed E-state index contributed by atoms with van der Waals surface area (Å²) < 4.78 is 19.1. The number of allylic oxidation sites excluding steroid dienone is 4. The molecular formula is C35H37NO9. The van der Waals surface area contributed by atoms with Crippen LogP contribution in [0.1, 0.15) is 56.9 Å². The van der Waals surface area contributed by atoms with Crippen LogP contribution in [0.5, 0.6) is 5.75 Å². The smallest absolute Gasteiger partial charge is 0.269 e. The van der Waals surface area contributed by atoms with Crippen molar-refractivity contribution in [3.05, 3.63) is 93.6 Å². The van der Waals surface area contributed by atoms with Gasteiger partial charge in [-0.2, -0.15) is 0 Å². The minimum atomic E-state index is -1.43. The first-order valence-electron chi connectivity index (χ1n) is 15.6. The number of benzene rings is 2. The summed E-state index contributed by atoms with van der Waals surface area (Å²) >= 11 is 0.